The average molecular weight is 351 g/mol. The zero-order valence-electron chi connectivity index (χ0n) is 10.7. The zero-order valence-corrected chi connectivity index (χ0v) is 13.0. The van der Waals surface area contributed by atoms with Crippen LogP contribution in [-0.4, -0.2) is 37.6 Å². The van der Waals surface area contributed by atoms with Crippen LogP contribution < -0.4 is 10.1 Å². The van der Waals surface area contributed by atoms with Crippen LogP contribution in [0.25, 0.3) is 0 Å². The Morgan fingerprint density at radius 3 is 2.95 bits per heavy atom. The number of halogens is 2. The Morgan fingerprint density at radius 2 is 2.32 bits per heavy atom. The second-order valence-corrected chi connectivity index (χ2v) is 5.17. The molecular weight excluding hydrogens is 334 g/mol. The van der Waals surface area contributed by atoms with Crippen LogP contribution in [0, 0.1) is 0 Å². The first-order chi connectivity index (χ1) is 9.15. The molecule has 1 N–H and O–H groups in total. The minimum atomic E-state index is -0.178. The molecule has 0 saturated carbocycles. The van der Waals surface area contributed by atoms with Gasteiger partial charge in [0.05, 0.1) is 12.6 Å². The van der Waals surface area contributed by atoms with Gasteiger partial charge in [0, 0.05) is 17.5 Å². The number of carbonyl (C=O) groups is 1. The fourth-order valence-corrected chi connectivity index (χ4v) is 2.24. The van der Waals surface area contributed by atoms with E-state index >= 15 is 0 Å². The number of amides is 1. The van der Waals surface area contributed by atoms with E-state index in [-0.39, 0.29) is 18.6 Å². The smallest absolute Gasteiger partial charge is 0.258 e. The summed E-state index contributed by atoms with van der Waals surface area (Å²) in [5.41, 5.74) is 0. The van der Waals surface area contributed by atoms with Gasteiger partial charge in [0.25, 0.3) is 5.91 Å². The fraction of sp³-hybridized carbons (Fsp3) is 0.462. The molecule has 0 heterocycles. The second kappa shape index (κ2) is 9.18. The minimum absolute atomic E-state index is 0.0140. The van der Waals surface area contributed by atoms with Crippen molar-refractivity contribution in [1.29, 1.82) is 0 Å². The van der Waals surface area contributed by atoms with E-state index in [1.807, 2.05) is 0 Å². The van der Waals surface area contributed by atoms with Crippen molar-refractivity contribution in [2.75, 3.05) is 25.7 Å². The number of rotatable bonds is 8. The molecule has 1 amide bonds. The summed E-state index contributed by atoms with van der Waals surface area (Å²) in [6.45, 7) is 0.442. The molecule has 0 radical (unpaired) electrons. The van der Waals surface area contributed by atoms with Crippen LogP contribution in [0.3, 0.4) is 0 Å². The van der Waals surface area contributed by atoms with E-state index in [2.05, 4.69) is 21.2 Å². The van der Waals surface area contributed by atoms with E-state index in [1.165, 1.54) is 0 Å². The van der Waals surface area contributed by atoms with Gasteiger partial charge in [-0.25, -0.2) is 0 Å². The van der Waals surface area contributed by atoms with Crippen LogP contribution in [0.15, 0.2) is 24.3 Å². The van der Waals surface area contributed by atoms with Crippen LogP contribution in [0.4, 0.5) is 0 Å². The molecule has 0 bridgehead atoms. The van der Waals surface area contributed by atoms with Gasteiger partial charge in [-0.15, -0.1) is 0 Å². The molecule has 19 heavy (non-hydrogen) atoms. The van der Waals surface area contributed by atoms with Crippen molar-refractivity contribution in [1.82, 2.24) is 5.32 Å². The van der Waals surface area contributed by atoms with Crippen molar-refractivity contribution in [2.45, 2.75) is 12.5 Å². The maximum atomic E-state index is 11.7. The number of ether oxygens (including phenoxy) is 2. The molecule has 0 fully saturated rings. The van der Waals surface area contributed by atoms with Crippen molar-refractivity contribution in [3.8, 4) is 5.75 Å². The average Bonchev–Trinajstić information content (AvgIpc) is 2.37. The van der Waals surface area contributed by atoms with Crippen LogP contribution in [-0.2, 0) is 9.53 Å². The highest BCUT2D eigenvalue weighted by atomic mass is 79.9. The first-order valence-electron chi connectivity index (χ1n) is 5.88. The van der Waals surface area contributed by atoms with Crippen molar-refractivity contribution >= 4 is 33.4 Å². The molecule has 0 saturated heterocycles. The molecular formula is C13H17BrClNO3. The maximum absolute atomic E-state index is 11.7. The Balaban J connectivity index is 2.37. The van der Waals surface area contributed by atoms with Gasteiger partial charge in [-0.3, -0.25) is 4.79 Å². The molecule has 0 aliphatic carbocycles. The molecule has 0 aliphatic heterocycles. The van der Waals surface area contributed by atoms with E-state index in [9.17, 15) is 4.79 Å². The Bertz CT molecular complexity index is 397. The van der Waals surface area contributed by atoms with Gasteiger partial charge in [-0.05, 0) is 24.6 Å². The Labute approximate surface area is 126 Å². The summed E-state index contributed by atoms with van der Waals surface area (Å²) in [6.07, 6.45) is 0.802. The van der Waals surface area contributed by atoms with Gasteiger partial charge in [0.15, 0.2) is 6.61 Å². The predicted molar refractivity (Wildman–Crippen MR) is 79.2 cm³/mol. The molecule has 0 aliphatic rings. The van der Waals surface area contributed by atoms with Crippen molar-refractivity contribution in [3.05, 3.63) is 29.3 Å². The highest BCUT2D eigenvalue weighted by Crippen LogP contribution is 2.16. The van der Waals surface area contributed by atoms with Crippen LogP contribution in [0.5, 0.6) is 5.75 Å². The zero-order chi connectivity index (χ0) is 14.1. The lowest BCUT2D eigenvalue weighted by Gasteiger charge is -2.17. The Morgan fingerprint density at radius 1 is 1.53 bits per heavy atom. The van der Waals surface area contributed by atoms with Crippen molar-refractivity contribution in [2.24, 2.45) is 0 Å². The number of hydrogen-bond donors (Lipinski definition) is 1. The summed E-state index contributed by atoms with van der Waals surface area (Å²) in [5.74, 6) is 0.398. The standard InChI is InChI=1S/C13H17BrClNO3/c1-18-8-11(5-6-14)16-13(17)9-19-12-4-2-3-10(15)7-12/h2-4,7,11H,5-6,8-9H2,1H3,(H,16,17). The van der Waals surface area contributed by atoms with Crippen molar-refractivity contribution < 1.29 is 14.3 Å². The number of carbonyl (C=O) groups excluding carboxylic acids is 1. The lowest BCUT2D eigenvalue weighted by Crippen LogP contribution is -2.40. The summed E-state index contributed by atoms with van der Waals surface area (Å²) < 4.78 is 10.4. The minimum Gasteiger partial charge on any atom is -0.484 e. The molecule has 0 spiro atoms. The van der Waals surface area contributed by atoms with Gasteiger partial charge >= 0.3 is 0 Å². The van der Waals surface area contributed by atoms with Crippen LogP contribution in [0.2, 0.25) is 5.02 Å². The molecule has 1 unspecified atom stereocenters. The summed E-state index contributed by atoms with van der Waals surface area (Å²) in [7, 11) is 1.61. The maximum Gasteiger partial charge on any atom is 0.258 e. The highest BCUT2D eigenvalue weighted by molar-refractivity contribution is 9.09. The van der Waals surface area contributed by atoms with Gasteiger partial charge < -0.3 is 14.8 Å². The SMILES string of the molecule is COCC(CCBr)NC(=O)COc1cccc(Cl)c1. The third-order valence-electron chi connectivity index (χ3n) is 2.36. The number of hydrogen-bond acceptors (Lipinski definition) is 3. The molecule has 1 aromatic rings. The normalized spacial score (nSPS) is 11.9. The quantitative estimate of drug-likeness (QED) is 0.733. The van der Waals surface area contributed by atoms with Gasteiger partial charge in [0.1, 0.15) is 5.75 Å². The summed E-state index contributed by atoms with van der Waals surface area (Å²) in [5, 5.41) is 4.23. The summed E-state index contributed by atoms with van der Waals surface area (Å²) >= 11 is 9.17. The summed E-state index contributed by atoms with van der Waals surface area (Å²) in [6, 6.07) is 6.93. The molecule has 0 aromatic heterocycles. The molecule has 1 atom stereocenters. The monoisotopic (exact) mass is 349 g/mol. The molecule has 4 nitrogen and oxygen atoms in total. The second-order valence-electron chi connectivity index (χ2n) is 3.94. The lowest BCUT2D eigenvalue weighted by atomic mass is 10.2. The highest BCUT2D eigenvalue weighted by Gasteiger charge is 2.12. The van der Waals surface area contributed by atoms with Crippen LogP contribution >= 0.6 is 27.5 Å². The van der Waals surface area contributed by atoms with E-state index in [0.29, 0.717) is 17.4 Å². The summed E-state index contributed by atoms with van der Waals surface area (Å²) in [4.78, 5) is 11.7. The van der Waals surface area contributed by atoms with Crippen LogP contribution in [0.1, 0.15) is 6.42 Å². The third kappa shape index (κ3) is 6.80. The lowest BCUT2D eigenvalue weighted by molar-refractivity contribution is -0.124. The largest absolute Gasteiger partial charge is 0.484 e. The first-order valence-corrected chi connectivity index (χ1v) is 7.38. The Kier molecular flexibility index (Phi) is 7.86. The van der Waals surface area contributed by atoms with Gasteiger partial charge in [0.2, 0.25) is 0 Å². The van der Waals surface area contributed by atoms with Crippen molar-refractivity contribution in [3.63, 3.8) is 0 Å². The molecule has 1 rings (SSSR count). The van der Waals surface area contributed by atoms with E-state index in [4.69, 9.17) is 21.1 Å². The number of alkyl halides is 1. The van der Waals surface area contributed by atoms with Gasteiger partial charge in [-0.2, -0.15) is 0 Å². The molecule has 106 valence electrons. The number of nitrogens with one attached hydrogen (secondary N) is 1. The van der Waals surface area contributed by atoms with Gasteiger partial charge in [-0.1, -0.05) is 33.6 Å². The first kappa shape index (κ1) is 16.3. The third-order valence-corrected chi connectivity index (χ3v) is 3.05. The predicted octanol–water partition coefficient (Wildman–Crippen LogP) is 2.64. The Hall–Kier alpha value is -0.780. The number of benzene rings is 1. The van der Waals surface area contributed by atoms with E-state index in [1.54, 1.807) is 31.4 Å². The molecule has 6 heteroatoms. The fourth-order valence-electron chi connectivity index (χ4n) is 1.51. The van der Waals surface area contributed by atoms with E-state index in [0.717, 1.165) is 11.8 Å². The molecule has 1 aromatic carbocycles. The topological polar surface area (TPSA) is 47.6 Å². The number of methoxy groups -OCH3 is 1. The van der Waals surface area contributed by atoms with E-state index < -0.39 is 0 Å².